The van der Waals surface area contributed by atoms with E-state index < -0.39 is 6.04 Å². The zero-order chi connectivity index (χ0) is 23.4. The van der Waals surface area contributed by atoms with Crippen molar-refractivity contribution in [3.63, 3.8) is 0 Å². The molecule has 1 aliphatic heterocycles. The third-order valence-electron chi connectivity index (χ3n) is 5.78. The summed E-state index contributed by atoms with van der Waals surface area (Å²) in [4.78, 5) is 26.0. The van der Waals surface area contributed by atoms with Crippen molar-refractivity contribution >= 4 is 23.6 Å². The average molecular weight is 448 g/mol. The molecule has 2 rings (SSSR count). The van der Waals surface area contributed by atoms with Gasteiger partial charge in [0.05, 0.1) is 0 Å². The number of benzene rings is 1. The maximum Gasteiger partial charge on any atom is 0.251 e. The van der Waals surface area contributed by atoms with E-state index >= 15 is 0 Å². The highest BCUT2D eigenvalue weighted by Crippen LogP contribution is 2.28. The highest BCUT2D eigenvalue weighted by atomic mass is 32.2. The second-order valence-corrected chi connectivity index (χ2v) is 12.1. The minimum atomic E-state index is -0.539. The smallest absolute Gasteiger partial charge is 0.251 e. The van der Waals surface area contributed by atoms with Crippen LogP contribution in [0, 0.1) is 0 Å². The van der Waals surface area contributed by atoms with Crippen molar-refractivity contribution in [1.82, 2.24) is 16.0 Å². The first-order valence-electron chi connectivity index (χ1n) is 11.2. The number of thioether (sulfide) groups is 1. The van der Waals surface area contributed by atoms with Crippen LogP contribution in [0.1, 0.15) is 83.7 Å². The lowest BCUT2D eigenvalue weighted by Crippen LogP contribution is -2.63. The molecular formula is C25H41N3O2S. The quantitative estimate of drug-likeness (QED) is 0.584. The normalized spacial score (nSPS) is 19.5. The number of carbonyl (C=O) groups excluding carboxylic acids is 2. The molecule has 31 heavy (non-hydrogen) atoms. The molecule has 1 heterocycles. The van der Waals surface area contributed by atoms with Gasteiger partial charge in [0.15, 0.2) is 0 Å². The summed E-state index contributed by atoms with van der Waals surface area (Å²) < 4.78 is 0. The summed E-state index contributed by atoms with van der Waals surface area (Å²) in [6.45, 7) is 15.1. The summed E-state index contributed by atoms with van der Waals surface area (Å²) in [6.07, 6.45) is 4.34. The van der Waals surface area contributed by atoms with Gasteiger partial charge in [-0.3, -0.25) is 9.59 Å². The Bertz CT molecular complexity index is 750. The Hall–Kier alpha value is -1.53. The molecule has 0 aromatic heterocycles. The minimum absolute atomic E-state index is 0.0339. The van der Waals surface area contributed by atoms with Crippen LogP contribution >= 0.6 is 11.8 Å². The first-order valence-corrected chi connectivity index (χ1v) is 12.6. The van der Waals surface area contributed by atoms with Crippen LogP contribution in [0.3, 0.4) is 0 Å². The van der Waals surface area contributed by atoms with Gasteiger partial charge in [-0.15, -0.1) is 0 Å². The van der Waals surface area contributed by atoms with Crippen LogP contribution in [-0.4, -0.2) is 47.0 Å². The van der Waals surface area contributed by atoms with E-state index in [0.717, 1.165) is 18.6 Å². The van der Waals surface area contributed by atoms with Gasteiger partial charge >= 0.3 is 0 Å². The largest absolute Gasteiger partial charge is 0.351 e. The Labute approximate surface area is 192 Å². The zero-order valence-corrected chi connectivity index (χ0v) is 21.3. The lowest BCUT2D eigenvalue weighted by Gasteiger charge is -2.46. The Balaban J connectivity index is 2.08. The maximum absolute atomic E-state index is 13.1. The molecular weight excluding hydrogens is 406 g/mol. The van der Waals surface area contributed by atoms with E-state index in [9.17, 15) is 9.59 Å². The molecule has 1 aliphatic rings. The zero-order valence-electron chi connectivity index (χ0n) is 20.5. The molecule has 3 N–H and O–H groups in total. The van der Waals surface area contributed by atoms with Crippen LogP contribution in [0.25, 0.3) is 0 Å². The van der Waals surface area contributed by atoms with Gasteiger partial charge in [0.25, 0.3) is 5.91 Å². The molecule has 0 aliphatic carbocycles. The summed E-state index contributed by atoms with van der Waals surface area (Å²) in [6, 6.07) is 7.21. The average Bonchev–Trinajstić information content (AvgIpc) is 2.61. The van der Waals surface area contributed by atoms with Gasteiger partial charge in [-0.05, 0) is 82.1 Å². The third kappa shape index (κ3) is 7.83. The minimum Gasteiger partial charge on any atom is -0.351 e. The highest BCUT2D eigenvalue weighted by molar-refractivity contribution is 7.98. The van der Waals surface area contributed by atoms with Gasteiger partial charge < -0.3 is 16.0 Å². The monoisotopic (exact) mass is 447 g/mol. The predicted octanol–water partition coefficient (Wildman–Crippen LogP) is 4.26. The molecule has 0 saturated carbocycles. The second kappa shape index (κ2) is 9.95. The van der Waals surface area contributed by atoms with Crippen molar-refractivity contribution in [3.05, 3.63) is 35.4 Å². The summed E-state index contributed by atoms with van der Waals surface area (Å²) in [7, 11) is 0. The van der Waals surface area contributed by atoms with Gasteiger partial charge in [-0.25, -0.2) is 0 Å². The SMILES string of the molecule is CSCC[C@@H](NC(=O)c1ccc(C(C)(C)C)cc1)C(=O)NC1CC(C)(C)NC(C)(C)C1. The van der Waals surface area contributed by atoms with Crippen molar-refractivity contribution in [2.75, 3.05) is 12.0 Å². The van der Waals surface area contributed by atoms with E-state index in [1.54, 1.807) is 11.8 Å². The van der Waals surface area contributed by atoms with Crippen molar-refractivity contribution in [3.8, 4) is 0 Å². The molecule has 0 radical (unpaired) electrons. The molecule has 2 amide bonds. The van der Waals surface area contributed by atoms with Crippen molar-refractivity contribution in [1.29, 1.82) is 0 Å². The Morgan fingerprint density at radius 1 is 1.10 bits per heavy atom. The fourth-order valence-corrected chi connectivity index (χ4v) is 5.07. The van der Waals surface area contributed by atoms with Gasteiger partial charge in [0, 0.05) is 22.7 Å². The van der Waals surface area contributed by atoms with Gasteiger partial charge in [0.2, 0.25) is 5.91 Å². The predicted molar refractivity (Wildman–Crippen MR) is 132 cm³/mol. The van der Waals surface area contributed by atoms with Gasteiger partial charge in [-0.2, -0.15) is 11.8 Å². The van der Waals surface area contributed by atoms with E-state index in [1.165, 1.54) is 5.56 Å². The molecule has 1 atom stereocenters. The Kier molecular flexibility index (Phi) is 8.26. The highest BCUT2D eigenvalue weighted by Gasteiger charge is 2.38. The number of carbonyl (C=O) groups is 2. The van der Waals surface area contributed by atoms with Crippen molar-refractivity contribution < 1.29 is 9.59 Å². The first-order chi connectivity index (χ1) is 14.2. The fourth-order valence-electron chi connectivity index (χ4n) is 4.59. The van der Waals surface area contributed by atoms with E-state index in [2.05, 4.69) is 64.4 Å². The number of rotatable bonds is 7. The van der Waals surface area contributed by atoms with E-state index in [-0.39, 0.29) is 34.3 Å². The standard InChI is InChI=1S/C25H41N3O2S/c1-23(2,3)18-11-9-17(10-12-18)21(29)27-20(13-14-31-8)22(30)26-19-15-24(4,5)28-25(6,7)16-19/h9-12,19-20,28H,13-16H2,1-8H3,(H,26,30)(H,27,29)/t20-/m1/s1. The van der Waals surface area contributed by atoms with Crippen LogP contribution in [0.15, 0.2) is 24.3 Å². The molecule has 174 valence electrons. The molecule has 0 unspecified atom stereocenters. The molecule has 1 fully saturated rings. The van der Waals surface area contributed by atoms with Gasteiger partial charge in [-0.1, -0.05) is 32.9 Å². The van der Waals surface area contributed by atoms with Crippen LogP contribution in [0.5, 0.6) is 0 Å². The second-order valence-electron chi connectivity index (χ2n) is 11.1. The lowest BCUT2D eigenvalue weighted by molar-refractivity contribution is -0.124. The molecule has 1 aromatic carbocycles. The van der Waals surface area contributed by atoms with E-state index in [0.29, 0.717) is 12.0 Å². The molecule has 1 aromatic rings. The summed E-state index contributed by atoms with van der Waals surface area (Å²) in [5, 5.41) is 9.84. The summed E-state index contributed by atoms with van der Waals surface area (Å²) in [5.74, 6) is 0.518. The van der Waals surface area contributed by atoms with E-state index in [4.69, 9.17) is 0 Å². The number of amides is 2. The van der Waals surface area contributed by atoms with Gasteiger partial charge in [0.1, 0.15) is 6.04 Å². The Morgan fingerprint density at radius 3 is 2.13 bits per heavy atom. The van der Waals surface area contributed by atoms with E-state index in [1.807, 2.05) is 30.5 Å². The maximum atomic E-state index is 13.1. The lowest BCUT2D eigenvalue weighted by atomic mass is 9.79. The van der Waals surface area contributed by atoms with Crippen LogP contribution < -0.4 is 16.0 Å². The molecule has 6 heteroatoms. The fraction of sp³-hybridized carbons (Fsp3) is 0.680. The topological polar surface area (TPSA) is 70.2 Å². The Morgan fingerprint density at radius 2 is 1.65 bits per heavy atom. The number of hydrogen-bond donors (Lipinski definition) is 3. The van der Waals surface area contributed by atoms with Crippen molar-refractivity contribution in [2.45, 2.75) is 96.3 Å². The molecule has 0 spiro atoms. The van der Waals surface area contributed by atoms with Crippen LogP contribution in [0.2, 0.25) is 0 Å². The third-order valence-corrected chi connectivity index (χ3v) is 6.43. The molecule has 1 saturated heterocycles. The summed E-state index contributed by atoms with van der Waals surface area (Å²) in [5.41, 5.74) is 1.70. The number of hydrogen-bond acceptors (Lipinski definition) is 4. The van der Waals surface area contributed by atoms with Crippen molar-refractivity contribution in [2.24, 2.45) is 0 Å². The van der Waals surface area contributed by atoms with Crippen LogP contribution in [0.4, 0.5) is 0 Å². The molecule has 0 bridgehead atoms. The first kappa shape index (κ1) is 25.7. The number of nitrogens with one attached hydrogen (secondary N) is 3. The summed E-state index contributed by atoms with van der Waals surface area (Å²) >= 11 is 1.68. The molecule has 5 nitrogen and oxygen atoms in total. The van der Waals surface area contributed by atoms with Crippen LogP contribution in [-0.2, 0) is 10.2 Å². The number of piperidine rings is 1.